The standard InChI is InChI=1S/C19H13FN2/c20-17-7-4-6-15(12-17)16(14-21)13-19-10-5-11-22(19)18-8-2-1-3-9-18/h1-13H. The third-order valence-electron chi connectivity index (χ3n) is 3.36. The molecule has 0 radical (unpaired) electrons. The van der Waals surface area contributed by atoms with Gasteiger partial charge in [-0.3, -0.25) is 0 Å². The van der Waals surface area contributed by atoms with Gasteiger partial charge in [0, 0.05) is 17.6 Å². The monoisotopic (exact) mass is 288 g/mol. The number of hydrogen-bond donors (Lipinski definition) is 0. The largest absolute Gasteiger partial charge is 0.317 e. The van der Waals surface area contributed by atoms with Gasteiger partial charge in [0.05, 0.1) is 11.6 Å². The van der Waals surface area contributed by atoms with Crippen LogP contribution in [0.3, 0.4) is 0 Å². The van der Waals surface area contributed by atoms with Gasteiger partial charge in [-0.05, 0) is 48.0 Å². The van der Waals surface area contributed by atoms with Crippen molar-refractivity contribution in [3.05, 3.63) is 90.0 Å². The van der Waals surface area contributed by atoms with Crippen LogP contribution >= 0.6 is 0 Å². The Morgan fingerprint density at radius 1 is 1.00 bits per heavy atom. The second-order valence-corrected chi connectivity index (χ2v) is 4.82. The zero-order valence-corrected chi connectivity index (χ0v) is 11.8. The molecule has 0 N–H and O–H groups in total. The van der Waals surface area contributed by atoms with Crippen molar-refractivity contribution in [3.63, 3.8) is 0 Å². The number of allylic oxidation sites excluding steroid dienone is 1. The maximum atomic E-state index is 13.3. The Morgan fingerprint density at radius 3 is 2.55 bits per heavy atom. The summed E-state index contributed by atoms with van der Waals surface area (Å²) in [6.45, 7) is 0. The molecular weight excluding hydrogens is 275 g/mol. The van der Waals surface area contributed by atoms with Crippen molar-refractivity contribution in [2.45, 2.75) is 0 Å². The molecule has 0 fully saturated rings. The number of nitrogens with zero attached hydrogens (tertiary/aromatic N) is 2. The van der Waals surface area contributed by atoms with Gasteiger partial charge < -0.3 is 4.57 Å². The number of benzene rings is 2. The van der Waals surface area contributed by atoms with Gasteiger partial charge in [-0.25, -0.2) is 4.39 Å². The van der Waals surface area contributed by atoms with Crippen LogP contribution in [0, 0.1) is 17.1 Å². The summed E-state index contributed by atoms with van der Waals surface area (Å²) in [5, 5.41) is 9.38. The van der Waals surface area contributed by atoms with Gasteiger partial charge in [-0.2, -0.15) is 5.26 Å². The lowest BCUT2D eigenvalue weighted by Gasteiger charge is -2.07. The number of hydrogen-bond acceptors (Lipinski definition) is 1. The quantitative estimate of drug-likeness (QED) is 0.643. The lowest BCUT2D eigenvalue weighted by molar-refractivity contribution is 0.627. The summed E-state index contributed by atoms with van der Waals surface area (Å²) in [6, 6.07) is 21.9. The molecule has 2 aromatic carbocycles. The van der Waals surface area contributed by atoms with Gasteiger partial charge in [0.15, 0.2) is 0 Å². The Labute approximate surface area is 128 Å². The molecule has 0 spiro atoms. The summed E-state index contributed by atoms with van der Waals surface area (Å²) >= 11 is 0. The molecule has 0 aliphatic rings. The molecule has 0 unspecified atom stereocenters. The molecule has 0 atom stereocenters. The first-order valence-corrected chi connectivity index (χ1v) is 6.88. The van der Waals surface area contributed by atoms with Gasteiger partial charge in [-0.1, -0.05) is 30.3 Å². The van der Waals surface area contributed by atoms with Gasteiger partial charge >= 0.3 is 0 Å². The molecule has 1 heterocycles. The minimum atomic E-state index is -0.350. The number of para-hydroxylation sites is 1. The molecule has 0 amide bonds. The minimum Gasteiger partial charge on any atom is -0.317 e. The molecule has 0 saturated heterocycles. The maximum absolute atomic E-state index is 13.3. The predicted octanol–water partition coefficient (Wildman–Crippen LogP) is 4.68. The van der Waals surface area contributed by atoms with E-state index in [1.807, 2.05) is 53.2 Å². The van der Waals surface area contributed by atoms with Crippen LogP contribution in [0.1, 0.15) is 11.3 Å². The lowest BCUT2D eigenvalue weighted by atomic mass is 10.1. The zero-order chi connectivity index (χ0) is 15.4. The molecule has 1 aromatic heterocycles. The molecular formula is C19H13FN2. The SMILES string of the molecule is N#CC(=Cc1cccn1-c1ccccc1)c1cccc(F)c1. The molecule has 3 heteroatoms. The Morgan fingerprint density at radius 2 is 1.82 bits per heavy atom. The fourth-order valence-corrected chi connectivity index (χ4v) is 2.32. The molecule has 3 aromatic rings. The molecule has 106 valence electrons. The topological polar surface area (TPSA) is 28.7 Å². The Hall–Kier alpha value is -3.12. The van der Waals surface area contributed by atoms with E-state index >= 15 is 0 Å². The first-order chi connectivity index (χ1) is 10.8. The first-order valence-electron chi connectivity index (χ1n) is 6.88. The van der Waals surface area contributed by atoms with Gasteiger partial charge in [-0.15, -0.1) is 0 Å². The van der Waals surface area contributed by atoms with Crippen LogP contribution in [0.4, 0.5) is 4.39 Å². The van der Waals surface area contributed by atoms with Gasteiger partial charge in [0.25, 0.3) is 0 Å². The van der Waals surface area contributed by atoms with Crippen LogP contribution in [0.15, 0.2) is 72.9 Å². The number of aromatic nitrogens is 1. The predicted molar refractivity (Wildman–Crippen MR) is 85.7 cm³/mol. The fourth-order valence-electron chi connectivity index (χ4n) is 2.32. The third kappa shape index (κ3) is 2.82. The summed E-state index contributed by atoms with van der Waals surface area (Å²) in [5.41, 5.74) is 2.88. The molecule has 22 heavy (non-hydrogen) atoms. The van der Waals surface area contributed by atoms with Crippen LogP contribution in [0.2, 0.25) is 0 Å². The lowest BCUT2D eigenvalue weighted by Crippen LogP contribution is -1.94. The number of halogens is 1. The molecule has 0 bridgehead atoms. The summed E-state index contributed by atoms with van der Waals surface area (Å²) < 4.78 is 15.3. The summed E-state index contributed by atoms with van der Waals surface area (Å²) in [6.07, 6.45) is 3.70. The van der Waals surface area contributed by atoms with E-state index in [2.05, 4.69) is 6.07 Å². The van der Waals surface area contributed by atoms with Crippen molar-refractivity contribution in [2.75, 3.05) is 0 Å². The van der Waals surface area contributed by atoms with E-state index < -0.39 is 0 Å². The average molecular weight is 288 g/mol. The van der Waals surface area contributed by atoms with Crippen molar-refractivity contribution >= 4 is 11.6 Å². The highest BCUT2D eigenvalue weighted by atomic mass is 19.1. The van der Waals surface area contributed by atoms with E-state index in [0.717, 1.165) is 11.4 Å². The summed E-state index contributed by atoms with van der Waals surface area (Å²) in [4.78, 5) is 0. The third-order valence-corrected chi connectivity index (χ3v) is 3.36. The van der Waals surface area contributed by atoms with Crippen molar-refractivity contribution in [3.8, 4) is 11.8 Å². The van der Waals surface area contributed by atoms with Crippen molar-refractivity contribution in [1.82, 2.24) is 4.57 Å². The molecule has 0 aliphatic carbocycles. The van der Waals surface area contributed by atoms with Crippen molar-refractivity contribution in [2.24, 2.45) is 0 Å². The van der Waals surface area contributed by atoms with Crippen LogP contribution in [-0.4, -0.2) is 4.57 Å². The smallest absolute Gasteiger partial charge is 0.123 e. The zero-order valence-electron chi connectivity index (χ0n) is 11.8. The average Bonchev–Trinajstić information content (AvgIpc) is 3.01. The molecule has 2 nitrogen and oxygen atoms in total. The highest BCUT2D eigenvalue weighted by Gasteiger charge is 2.06. The van der Waals surface area contributed by atoms with E-state index in [0.29, 0.717) is 11.1 Å². The van der Waals surface area contributed by atoms with E-state index in [1.54, 1.807) is 18.2 Å². The molecule has 0 saturated carbocycles. The van der Waals surface area contributed by atoms with Crippen LogP contribution in [0.5, 0.6) is 0 Å². The van der Waals surface area contributed by atoms with E-state index in [1.165, 1.54) is 12.1 Å². The minimum absolute atomic E-state index is 0.350. The maximum Gasteiger partial charge on any atom is 0.123 e. The number of rotatable bonds is 3. The van der Waals surface area contributed by atoms with Gasteiger partial charge in [0.2, 0.25) is 0 Å². The van der Waals surface area contributed by atoms with E-state index in [-0.39, 0.29) is 5.82 Å². The van der Waals surface area contributed by atoms with Crippen molar-refractivity contribution < 1.29 is 4.39 Å². The first kappa shape index (κ1) is 13.8. The summed E-state index contributed by atoms with van der Waals surface area (Å²) in [5.74, 6) is -0.350. The van der Waals surface area contributed by atoms with Gasteiger partial charge in [0.1, 0.15) is 5.82 Å². The highest BCUT2D eigenvalue weighted by Crippen LogP contribution is 2.21. The van der Waals surface area contributed by atoms with Crippen LogP contribution in [0.25, 0.3) is 17.3 Å². The molecule has 3 rings (SSSR count). The highest BCUT2D eigenvalue weighted by molar-refractivity contribution is 5.89. The normalized spacial score (nSPS) is 11.2. The van der Waals surface area contributed by atoms with Crippen molar-refractivity contribution in [1.29, 1.82) is 5.26 Å². The number of nitriles is 1. The van der Waals surface area contributed by atoms with Crippen LogP contribution in [-0.2, 0) is 0 Å². The molecule has 0 aliphatic heterocycles. The fraction of sp³-hybridized carbons (Fsp3) is 0. The Bertz CT molecular complexity index is 854. The Kier molecular flexibility index (Phi) is 3.84. The van der Waals surface area contributed by atoms with E-state index in [4.69, 9.17) is 0 Å². The second-order valence-electron chi connectivity index (χ2n) is 4.82. The second kappa shape index (κ2) is 6.11. The summed E-state index contributed by atoms with van der Waals surface area (Å²) in [7, 11) is 0. The van der Waals surface area contributed by atoms with E-state index in [9.17, 15) is 9.65 Å². The van der Waals surface area contributed by atoms with Crippen LogP contribution < -0.4 is 0 Å². The Balaban J connectivity index is 2.05.